The molecule has 1 aliphatic heterocycles. The number of carbonyl (C=O) groups excluding carboxylic acids is 2. The number of pyridine rings is 1. The van der Waals surface area contributed by atoms with Gasteiger partial charge in [0.2, 0.25) is 11.8 Å². The van der Waals surface area contributed by atoms with Crippen molar-refractivity contribution in [3.05, 3.63) is 52.1 Å². The molecule has 0 aliphatic carbocycles. The standard InChI is InChI=1S/C18H18BrN3O2/c1-11-8-14(19)6-7-15(11)22-10-13(9-17(22)23)18(24)21-16-5-3-4-12(2)20-16/h3-8,13H,9-10H2,1-2H3,(H,20,21,24)/t13-/m0/s1. The van der Waals surface area contributed by atoms with Crippen molar-refractivity contribution in [1.82, 2.24) is 4.98 Å². The lowest BCUT2D eigenvalue weighted by atomic mass is 10.1. The fourth-order valence-corrected chi connectivity index (χ4v) is 3.35. The SMILES string of the molecule is Cc1cccc(NC(=O)[C@H]2CC(=O)N(c3ccc(Br)cc3C)C2)n1. The Hall–Kier alpha value is -2.21. The fraction of sp³-hybridized carbons (Fsp3) is 0.278. The number of rotatable bonds is 3. The third kappa shape index (κ3) is 3.48. The third-order valence-corrected chi connectivity index (χ3v) is 4.58. The van der Waals surface area contributed by atoms with E-state index in [4.69, 9.17) is 0 Å². The summed E-state index contributed by atoms with van der Waals surface area (Å²) >= 11 is 3.42. The van der Waals surface area contributed by atoms with E-state index in [1.165, 1.54) is 0 Å². The van der Waals surface area contributed by atoms with Gasteiger partial charge in [-0.2, -0.15) is 0 Å². The van der Waals surface area contributed by atoms with Gasteiger partial charge in [0.15, 0.2) is 0 Å². The highest BCUT2D eigenvalue weighted by Crippen LogP contribution is 2.30. The van der Waals surface area contributed by atoms with Gasteiger partial charge >= 0.3 is 0 Å². The highest BCUT2D eigenvalue weighted by Gasteiger charge is 2.35. The molecule has 2 aromatic rings. The Morgan fingerprint density at radius 2 is 2.08 bits per heavy atom. The number of aromatic nitrogens is 1. The topological polar surface area (TPSA) is 62.3 Å². The molecule has 5 nitrogen and oxygen atoms in total. The van der Waals surface area contributed by atoms with Gasteiger partial charge in [0.1, 0.15) is 5.82 Å². The second kappa shape index (κ2) is 6.73. The first kappa shape index (κ1) is 16.6. The van der Waals surface area contributed by atoms with E-state index in [-0.39, 0.29) is 24.2 Å². The summed E-state index contributed by atoms with van der Waals surface area (Å²) < 4.78 is 0.968. The number of benzene rings is 1. The molecule has 0 bridgehead atoms. The molecule has 1 N–H and O–H groups in total. The first-order chi connectivity index (χ1) is 11.4. The van der Waals surface area contributed by atoms with Crippen molar-refractivity contribution < 1.29 is 9.59 Å². The first-order valence-electron chi connectivity index (χ1n) is 7.75. The lowest BCUT2D eigenvalue weighted by Gasteiger charge is -2.19. The van der Waals surface area contributed by atoms with Gasteiger partial charge < -0.3 is 10.2 Å². The lowest BCUT2D eigenvalue weighted by Crippen LogP contribution is -2.28. The molecule has 2 amide bonds. The summed E-state index contributed by atoms with van der Waals surface area (Å²) in [5.41, 5.74) is 2.69. The smallest absolute Gasteiger partial charge is 0.230 e. The fourth-order valence-electron chi connectivity index (χ4n) is 2.88. The molecular formula is C18H18BrN3O2. The Morgan fingerprint density at radius 3 is 2.79 bits per heavy atom. The minimum absolute atomic E-state index is 0.0298. The molecule has 0 radical (unpaired) electrons. The number of nitrogens with zero attached hydrogens (tertiary/aromatic N) is 2. The van der Waals surface area contributed by atoms with Crippen LogP contribution >= 0.6 is 15.9 Å². The van der Waals surface area contributed by atoms with Gasteiger partial charge in [-0.15, -0.1) is 0 Å². The van der Waals surface area contributed by atoms with Crippen molar-refractivity contribution in [2.24, 2.45) is 5.92 Å². The Balaban J connectivity index is 1.73. The normalized spacial score (nSPS) is 17.2. The van der Waals surface area contributed by atoms with E-state index < -0.39 is 0 Å². The van der Waals surface area contributed by atoms with Crippen molar-refractivity contribution in [2.45, 2.75) is 20.3 Å². The molecule has 0 unspecified atom stereocenters. The molecule has 3 rings (SSSR count). The lowest BCUT2D eigenvalue weighted by molar-refractivity contribution is -0.122. The maximum absolute atomic E-state index is 12.4. The van der Waals surface area contributed by atoms with E-state index in [0.29, 0.717) is 12.4 Å². The van der Waals surface area contributed by atoms with E-state index in [1.807, 2.05) is 44.2 Å². The highest BCUT2D eigenvalue weighted by atomic mass is 79.9. The Labute approximate surface area is 149 Å². The van der Waals surface area contributed by atoms with Gasteiger partial charge in [-0.25, -0.2) is 4.98 Å². The van der Waals surface area contributed by atoms with Crippen LogP contribution in [0.1, 0.15) is 17.7 Å². The first-order valence-corrected chi connectivity index (χ1v) is 8.54. The van der Waals surface area contributed by atoms with E-state index in [2.05, 4.69) is 26.2 Å². The van der Waals surface area contributed by atoms with Gasteiger partial charge in [0.05, 0.1) is 5.92 Å². The van der Waals surface area contributed by atoms with Crippen molar-refractivity contribution in [3.8, 4) is 0 Å². The number of hydrogen-bond acceptors (Lipinski definition) is 3. The highest BCUT2D eigenvalue weighted by molar-refractivity contribution is 9.10. The summed E-state index contributed by atoms with van der Waals surface area (Å²) in [7, 11) is 0. The van der Waals surface area contributed by atoms with Crippen LogP contribution in [0, 0.1) is 19.8 Å². The number of halogens is 1. The van der Waals surface area contributed by atoms with Gasteiger partial charge in [0, 0.05) is 28.8 Å². The van der Waals surface area contributed by atoms with Crippen LogP contribution in [-0.4, -0.2) is 23.3 Å². The zero-order valence-electron chi connectivity index (χ0n) is 13.5. The molecule has 1 atom stereocenters. The molecule has 124 valence electrons. The average Bonchev–Trinajstić information content (AvgIpc) is 2.89. The Morgan fingerprint density at radius 1 is 1.29 bits per heavy atom. The van der Waals surface area contributed by atoms with Crippen molar-refractivity contribution in [2.75, 3.05) is 16.8 Å². The zero-order chi connectivity index (χ0) is 17.3. The minimum atomic E-state index is -0.372. The molecular weight excluding hydrogens is 370 g/mol. The van der Waals surface area contributed by atoms with Crippen molar-refractivity contribution in [3.63, 3.8) is 0 Å². The number of aryl methyl sites for hydroxylation is 2. The number of nitrogens with one attached hydrogen (secondary N) is 1. The molecule has 1 fully saturated rings. The summed E-state index contributed by atoms with van der Waals surface area (Å²) in [6.07, 6.45) is 0.215. The molecule has 24 heavy (non-hydrogen) atoms. The third-order valence-electron chi connectivity index (χ3n) is 4.09. The monoisotopic (exact) mass is 387 g/mol. The summed E-state index contributed by atoms with van der Waals surface area (Å²) in [5, 5.41) is 2.80. The van der Waals surface area contributed by atoms with E-state index >= 15 is 0 Å². The summed E-state index contributed by atoms with van der Waals surface area (Å²) in [6.45, 7) is 4.21. The Bertz CT molecular complexity index is 807. The number of carbonyl (C=O) groups is 2. The van der Waals surface area contributed by atoms with Gasteiger partial charge in [-0.3, -0.25) is 9.59 Å². The zero-order valence-corrected chi connectivity index (χ0v) is 15.1. The maximum atomic E-state index is 12.4. The van der Waals surface area contributed by atoms with Crippen molar-refractivity contribution in [1.29, 1.82) is 0 Å². The molecule has 0 spiro atoms. The number of anilines is 2. The van der Waals surface area contributed by atoms with Crippen LogP contribution in [-0.2, 0) is 9.59 Å². The van der Waals surface area contributed by atoms with Crippen LogP contribution in [0.25, 0.3) is 0 Å². The van der Waals surface area contributed by atoms with Crippen LogP contribution in [0.2, 0.25) is 0 Å². The summed E-state index contributed by atoms with van der Waals surface area (Å²) in [6, 6.07) is 11.2. The predicted molar refractivity (Wildman–Crippen MR) is 96.9 cm³/mol. The van der Waals surface area contributed by atoms with Gasteiger partial charge in [0.25, 0.3) is 0 Å². The quantitative estimate of drug-likeness (QED) is 0.876. The average molecular weight is 388 g/mol. The van der Waals surface area contributed by atoms with Gasteiger partial charge in [-0.05, 0) is 49.7 Å². The van der Waals surface area contributed by atoms with Gasteiger partial charge in [-0.1, -0.05) is 22.0 Å². The second-order valence-electron chi connectivity index (χ2n) is 5.99. The van der Waals surface area contributed by atoms with E-state index in [9.17, 15) is 9.59 Å². The molecule has 1 aromatic carbocycles. The van der Waals surface area contributed by atoms with Crippen LogP contribution in [0.15, 0.2) is 40.9 Å². The van der Waals surface area contributed by atoms with Crippen LogP contribution in [0.4, 0.5) is 11.5 Å². The van der Waals surface area contributed by atoms with Crippen LogP contribution in [0.5, 0.6) is 0 Å². The molecule has 0 saturated carbocycles. The second-order valence-corrected chi connectivity index (χ2v) is 6.91. The van der Waals surface area contributed by atoms with Crippen LogP contribution in [0.3, 0.4) is 0 Å². The van der Waals surface area contributed by atoms with Crippen LogP contribution < -0.4 is 10.2 Å². The summed E-state index contributed by atoms with van der Waals surface area (Å²) in [4.78, 5) is 30.8. The number of hydrogen-bond donors (Lipinski definition) is 1. The minimum Gasteiger partial charge on any atom is -0.311 e. The predicted octanol–water partition coefficient (Wildman–Crippen LogP) is 3.45. The summed E-state index contributed by atoms with van der Waals surface area (Å²) in [5.74, 6) is -0.0509. The molecule has 2 heterocycles. The largest absolute Gasteiger partial charge is 0.311 e. The molecule has 1 saturated heterocycles. The molecule has 6 heteroatoms. The molecule has 1 aromatic heterocycles. The van der Waals surface area contributed by atoms with Crippen molar-refractivity contribution >= 4 is 39.2 Å². The maximum Gasteiger partial charge on any atom is 0.230 e. The van der Waals surface area contributed by atoms with E-state index in [1.54, 1.807) is 11.0 Å². The Kier molecular flexibility index (Phi) is 4.66. The van der Waals surface area contributed by atoms with E-state index in [0.717, 1.165) is 21.4 Å². The number of amides is 2. The molecule has 1 aliphatic rings.